The molecule has 16 heavy (non-hydrogen) atoms. The lowest BCUT2D eigenvalue weighted by atomic mass is 10.1. The van der Waals surface area contributed by atoms with Crippen molar-refractivity contribution in [3.05, 3.63) is 30.1 Å². The van der Waals surface area contributed by atoms with Gasteiger partial charge in [-0.2, -0.15) is 0 Å². The number of aromatic nitrogens is 1. The van der Waals surface area contributed by atoms with Crippen LogP contribution in [0.1, 0.15) is 31.9 Å². The molecule has 1 saturated heterocycles. The quantitative estimate of drug-likeness (QED) is 0.840. The minimum absolute atomic E-state index is 0.499. The Hall–Kier alpha value is -0.930. The van der Waals surface area contributed by atoms with Crippen molar-refractivity contribution in [2.75, 3.05) is 19.6 Å². The molecule has 0 amide bonds. The summed E-state index contributed by atoms with van der Waals surface area (Å²) in [6.45, 7) is 7.93. The summed E-state index contributed by atoms with van der Waals surface area (Å²) in [5.41, 5.74) is 1.37. The van der Waals surface area contributed by atoms with E-state index < -0.39 is 0 Å². The molecular weight excluding hydrogens is 198 g/mol. The number of nitrogens with zero attached hydrogens (tertiary/aromatic N) is 2. The molecule has 1 aliphatic heterocycles. The van der Waals surface area contributed by atoms with Gasteiger partial charge in [0.1, 0.15) is 0 Å². The van der Waals surface area contributed by atoms with Gasteiger partial charge in [0.2, 0.25) is 0 Å². The van der Waals surface area contributed by atoms with Crippen molar-refractivity contribution in [3.63, 3.8) is 0 Å². The number of nitrogens with one attached hydrogen (secondary N) is 1. The molecule has 2 rings (SSSR count). The highest BCUT2D eigenvalue weighted by molar-refractivity contribution is 5.14. The van der Waals surface area contributed by atoms with Crippen LogP contribution in [0.4, 0.5) is 0 Å². The first-order valence-corrected chi connectivity index (χ1v) is 6.18. The average molecular weight is 219 g/mol. The lowest BCUT2D eigenvalue weighted by Crippen LogP contribution is -2.50. The molecule has 0 aromatic carbocycles. The summed E-state index contributed by atoms with van der Waals surface area (Å²) in [6.07, 6.45) is 4.97. The van der Waals surface area contributed by atoms with Gasteiger partial charge in [0.05, 0.1) is 0 Å². The summed E-state index contributed by atoms with van der Waals surface area (Å²) in [6, 6.07) is 5.39. The van der Waals surface area contributed by atoms with Crippen LogP contribution in [0.3, 0.4) is 0 Å². The molecule has 0 spiro atoms. The first-order chi connectivity index (χ1) is 7.81. The zero-order valence-corrected chi connectivity index (χ0v) is 10.2. The molecule has 0 aliphatic carbocycles. The normalized spacial score (nSPS) is 24.2. The van der Waals surface area contributed by atoms with E-state index in [1.54, 1.807) is 0 Å². The van der Waals surface area contributed by atoms with Gasteiger partial charge in [-0.1, -0.05) is 6.92 Å². The molecular formula is C13H21N3. The van der Waals surface area contributed by atoms with Crippen LogP contribution in [0.2, 0.25) is 0 Å². The second-order valence-corrected chi connectivity index (χ2v) is 4.51. The monoisotopic (exact) mass is 219 g/mol. The predicted molar refractivity (Wildman–Crippen MR) is 66.3 cm³/mol. The Morgan fingerprint density at radius 2 is 2.25 bits per heavy atom. The summed E-state index contributed by atoms with van der Waals surface area (Å²) in [7, 11) is 0. The summed E-state index contributed by atoms with van der Waals surface area (Å²) >= 11 is 0. The van der Waals surface area contributed by atoms with Crippen LogP contribution in [0.25, 0.3) is 0 Å². The van der Waals surface area contributed by atoms with Crippen LogP contribution >= 0.6 is 0 Å². The third kappa shape index (κ3) is 2.60. The molecule has 0 radical (unpaired) electrons. The lowest BCUT2D eigenvalue weighted by Gasteiger charge is -2.37. The molecule has 88 valence electrons. The number of hydrogen-bond acceptors (Lipinski definition) is 3. The Kier molecular flexibility index (Phi) is 3.91. The Morgan fingerprint density at radius 1 is 1.50 bits per heavy atom. The van der Waals surface area contributed by atoms with Crippen molar-refractivity contribution >= 4 is 0 Å². The number of pyridine rings is 1. The van der Waals surface area contributed by atoms with E-state index in [1.165, 1.54) is 12.0 Å². The Morgan fingerprint density at radius 3 is 2.94 bits per heavy atom. The van der Waals surface area contributed by atoms with Crippen molar-refractivity contribution in [2.45, 2.75) is 32.4 Å². The number of piperazine rings is 1. The van der Waals surface area contributed by atoms with Crippen LogP contribution in [-0.2, 0) is 0 Å². The van der Waals surface area contributed by atoms with E-state index in [2.05, 4.69) is 41.2 Å². The molecule has 0 bridgehead atoms. The van der Waals surface area contributed by atoms with Crippen molar-refractivity contribution in [3.8, 4) is 0 Å². The zero-order valence-electron chi connectivity index (χ0n) is 10.2. The Balaban J connectivity index is 2.01. The van der Waals surface area contributed by atoms with E-state index in [0.717, 1.165) is 19.6 Å². The van der Waals surface area contributed by atoms with Crippen LogP contribution in [0, 0.1) is 0 Å². The van der Waals surface area contributed by atoms with Gasteiger partial charge in [-0.05, 0) is 31.0 Å². The van der Waals surface area contributed by atoms with Crippen LogP contribution in [0.5, 0.6) is 0 Å². The van der Waals surface area contributed by atoms with Gasteiger partial charge in [0, 0.05) is 44.1 Å². The standard InChI is InChI=1S/C13H21N3/c1-3-13-10-16(9-8-15-13)11(2)12-4-6-14-7-5-12/h4-7,11,13,15H,3,8-10H2,1-2H3. The first-order valence-electron chi connectivity index (χ1n) is 6.18. The summed E-state index contributed by atoms with van der Waals surface area (Å²) in [5.74, 6) is 0. The zero-order chi connectivity index (χ0) is 11.4. The molecule has 1 aromatic heterocycles. The predicted octanol–water partition coefficient (Wildman–Crippen LogP) is 1.83. The molecule has 0 saturated carbocycles. The molecule has 1 fully saturated rings. The Labute approximate surface area is 97.9 Å². The minimum atomic E-state index is 0.499. The molecule has 2 heterocycles. The molecule has 3 heteroatoms. The fourth-order valence-corrected chi connectivity index (χ4v) is 2.33. The lowest BCUT2D eigenvalue weighted by molar-refractivity contribution is 0.151. The highest BCUT2D eigenvalue weighted by atomic mass is 15.2. The van der Waals surface area contributed by atoms with E-state index in [-0.39, 0.29) is 0 Å². The van der Waals surface area contributed by atoms with Gasteiger partial charge in [0.25, 0.3) is 0 Å². The maximum atomic E-state index is 4.07. The highest BCUT2D eigenvalue weighted by Crippen LogP contribution is 2.20. The fourth-order valence-electron chi connectivity index (χ4n) is 2.33. The third-order valence-electron chi connectivity index (χ3n) is 3.52. The summed E-state index contributed by atoms with van der Waals surface area (Å²) in [4.78, 5) is 6.63. The molecule has 2 unspecified atom stereocenters. The maximum Gasteiger partial charge on any atom is 0.0322 e. The molecule has 3 nitrogen and oxygen atoms in total. The Bertz CT molecular complexity index is 312. The smallest absolute Gasteiger partial charge is 0.0322 e. The second-order valence-electron chi connectivity index (χ2n) is 4.51. The van der Waals surface area contributed by atoms with Crippen molar-refractivity contribution < 1.29 is 0 Å². The van der Waals surface area contributed by atoms with Crippen LogP contribution < -0.4 is 5.32 Å². The van der Waals surface area contributed by atoms with Gasteiger partial charge in [-0.15, -0.1) is 0 Å². The topological polar surface area (TPSA) is 28.2 Å². The molecule has 1 aliphatic rings. The highest BCUT2D eigenvalue weighted by Gasteiger charge is 2.22. The van der Waals surface area contributed by atoms with E-state index in [0.29, 0.717) is 12.1 Å². The summed E-state index contributed by atoms with van der Waals surface area (Å²) < 4.78 is 0. The largest absolute Gasteiger partial charge is 0.311 e. The van der Waals surface area contributed by atoms with E-state index in [4.69, 9.17) is 0 Å². The minimum Gasteiger partial charge on any atom is -0.311 e. The van der Waals surface area contributed by atoms with E-state index >= 15 is 0 Å². The van der Waals surface area contributed by atoms with Crippen molar-refractivity contribution in [1.29, 1.82) is 0 Å². The average Bonchev–Trinajstić information content (AvgIpc) is 2.39. The first kappa shape index (κ1) is 11.6. The van der Waals surface area contributed by atoms with Crippen molar-refractivity contribution in [2.24, 2.45) is 0 Å². The maximum absolute atomic E-state index is 4.07. The van der Waals surface area contributed by atoms with Gasteiger partial charge < -0.3 is 5.32 Å². The SMILES string of the molecule is CCC1CN(C(C)c2ccncc2)CCN1. The molecule has 1 aromatic rings. The second kappa shape index (κ2) is 5.41. The van der Waals surface area contributed by atoms with Gasteiger partial charge in [-0.3, -0.25) is 9.88 Å². The van der Waals surface area contributed by atoms with Crippen LogP contribution in [0.15, 0.2) is 24.5 Å². The number of hydrogen-bond donors (Lipinski definition) is 1. The third-order valence-corrected chi connectivity index (χ3v) is 3.52. The molecule has 2 atom stereocenters. The van der Waals surface area contributed by atoms with Gasteiger partial charge in [-0.25, -0.2) is 0 Å². The van der Waals surface area contributed by atoms with Gasteiger partial charge in [0.15, 0.2) is 0 Å². The fraction of sp³-hybridized carbons (Fsp3) is 0.615. The summed E-state index contributed by atoms with van der Waals surface area (Å²) in [5, 5.41) is 3.55. The van der Waals surface area contributed by atoms with Crippen LogP contribution in [-0.4, -0.2) is 35.6 Å². The molecule has 1 N–H and O–H groups in total. The number of rotatable bonds is 3. The van der Waals surface area contributed by atoms with E-state index in [9.17, 15) is 0 Å². The van der Waals surface area contributed by atoms with E-state index in [1.807, 2.05) is 12.4 Å². The van der Waals surface area contributed by atoms with Gasteiger partial charge >= 0.3 is 0 Å². The van der Waals surface area contributed by atoms with Crippen molar-refractivity contribution in [1.82, 2.24) is 15.2 Å².